The molecule has 0 heterocycles. The van der Waals surface area contributed by atoms with E-state index in [1.54, 1.807) is 6.07 Å². The van der Waals surface area contributed by atoms with Gasteiger partial charge >= 0.3 is 0 Å². The Morgan fingerprint density at radius 3 is 2.47 bits per heavy atom. The molecule has 1 aromatic carbocycles. The fourth-order valence-corrected chi connectivity index (χ4v) is 1.41. The van der Waals surface area contributed by atoms with Crippen molar-refractivity contribution in [2.45, 2.75) is 26.8 Å². The minimum absolute atomic E-state index is 0.0412. The molecule has 0 aliphatic carbocycles. The summed E-state index contributed by atoms with van der Waals surface area (Å²) in [6.07, 6.45) is 0. The smallest absolute Gasteiger partial charge is 0.120 e. The first kappa shape index (κ1) is 11.9. The second-order valence-electron chi connectivity index (χ2n) is 4.27. The van der Waals surface area contributed by atoms with Crippen LogP contribution in [0.1, 0.15) is 32.4 Å². The summed E-state index contributed by atoms with van der Waals surface area (Å²) in [5.41, 5.74) is 0.732. The minimum Gasteiger partial charge on any atom is -0.508 e. The molecule has 1 rings (SSSR count). The summed E-state index contributed by atoms with van der Waals surface area (Å²) in [7, 11) is 0. The molecular formula is C12H19NO2. The van der Waals surface area contributed by atoms with Crippen molar-refractivity contribution in [3.63, 3.8) is 0 Å². The van der Waals surface area contributed by atoms with E-state index in [-0.39, 0.29) is 17.5 Å². The third-order valence-electron chi connectivity index (χ3n) is 2.31. The van der Waals surface area contributed by atoms with Crippen molar-refractivity contribution in [2.24, 2.45) is 5.92 Å². The van der Waals surface area contributed by atoms with Gasteiger partial charge in [-0.3, -0.25) is 0 Å². The molecule has 0 spiro atoms. The van der Waals surface area contributed by atoms with E-state index in [1.165, 1.54) is 12.1 Å². The lowest BCUT2D eigenvalue weighted by Gasteiger charge is -2.17. The van der Waals surface area contributed by atoms with Crippen molar-refractivity contribution in [1.82, 2.24) is 5.32 Å². The Labute approximate surface area is 90.8 Å². The molecule has 0 fully saturated rings. The van der Waals surface area contributed by atoms with Crippen LogP contribution in [-0.4, -0.2) is 16.8 Å². The van der Waals surface area contributed by atoms with Gasteiger partial charge in [0.1, 0.15) is 11.5 Å². The highest BCUT2D eigenvalue weighted by Crippen LogP contribution is 2.27. The SMILES string of the molecule is CC(C)CNC(C)c1cc(O)ccc1O. The normalized spacial score (nSPS) is 13.1. The van der Waals surface area contributed by atoms with Crippen LogP contribution in [0.2, 0.25) is 0 Å². The second-order valence-corrected chi connectivity index (χ2v) is 4.27. The molecule has 3 nitrogen and oxygen atoms in total. The van der Waals surface area contributed by atoms with Crippen molar-refractivity contribution >= 4 is 0 Å². The highest BCUT2D eigenvalue weighted by Gasteiger charge is 2.10. The van der Waals surface area contributed by atoms with Gasteiger partial charge < -0.3 is 15.5 Å². The van der Waals surface area contributed by atoms with Crippen molar-refractivity contribution in [1.29, 1.82) is 0 Å². The van der Waals surface area contributed by atoms with Crippen LogP contribution in [-0.2, 0) is 0 Å². The molecule has 84 valence electrons. The van der Waals surface area contributed by atoms with Crippen LogP contribution >= 0.6 is 0 Å². The number of benzene rings is 1. The number of hydrogen-bond donors (Lipinski definition) is 3. The van der Waals surface area contributed by atoms with Gasteiger partial charge in [0.15, 0.2) is 0 Å². The standard InChI is InChI=1S/C12H19NO2/c1-8(2)7-13-9(3)11-6-10(14)4-5-12(11)15/h4-6,8-9,13-15H,7H2,1-3H3. The Bertz CT molecular complexity index is 323. The van der Waals surface area contributed by atoms with E-state index < -0.39 is 0 Å². The molecule has 0 aliphatic rings. The zero-order chi connectivity index (χ0) is 11.4. The zero-order valence-corrected chi connectivity index (χ0v) is 9.49. The van der Waals surface area contributed by atoms with Crippen molar-refractivity contribution in [2.75, 3.05) is 6.54 Å². The Morgan fingerprint density at radius 1 is 1.20 bits per heavy atom. The third kappa shape index (κ3) is 3.44. The van der Waals surface area contributed by atoms with Gasteiger partial charge in [0.25, 0.3) is 0 Å². The molecule has 15 heavy (non-hydrogen) atoms. The van der Waals surface area contributed by atoms with Gasteiger partial charge in [0.05, 0.1) is 0 Å². The van der Waals surface area contributed by atoms with Gasteiger partial charge in [-0.25, -0.2) is 0 Å². The average molecular weight is 209 g/mol. The topological polar surface area (TPSA) is 52.5 Å². The second kappa shape index (κ2) is 5.03. The summed E-state index contributed by atoms with van der Waals surface area (Å²) in [6.45, 7) is 7.11. The van der Waals surface area contributed by atoms with Gasteiger partial charge in [-0.1, -0.05) is 13.8 Å². The van der Waals surface area contributed by atoms with Gasteiger partial charge in [-0.05, 0) is 37.6 Å². The highest BCUT2D eigenvalue weighted by atomic mass is 16.3. The summed E-state index contributed by atoms with van der Waals surface area (Å²) in [5.74, 6) is 0.962. The number of aromatic hydroxyl groups is 2. The summed E-state index contributed by atoms with van der Waals surface area (Å²) >= 11 is 0. The molecular weight excluding hydrogens is 190 g/mol. The molecule has 1 aromatic rings. The van der Waals surface area contributed by atoms with Crippen LogP contribution in [0.4, 0.5) is 0 Å². The summed E-state index contributed by atoms with van der Waals surface area (Å²) in [4.78, 5) is 0. The maximum absolute atomic E-state index is 9.62. The van der Waals surface area contributed by atoms with Crippen LogP contribution in [0.15, 0.2) is 18.2 Å². The first-order chi connectivity index (χ1) is 7.00. The fourth-order valence-electron chi connectivity index (χ4n) is 1.41. The van der Waals surface area contributed by atoms with Crippen LogP contribution in [0.25, 0.3) is 0 Å². The van der Waals surface area contributed by atoms with Crippen molar-refractivity contribution < 1.29 is 10.2 Å². The molecule has 0 saturated heterocycles. The van der Waals surface area contributed by atoms with Gasteiger partial charge in [0.2, 0.25) is 0 Å². The van der Waals surface area contributed by atoms with Crippen molar-refractivity contribution in [3.05, 3.63) is 23.8 Å². The summed E-state index contributed by atoms with van der Waals surface area (Å²) < 4.78 is 0. The molecule has 0 aliphatic heterocycles. The lowest BCUT2D eigenvalue weighted by molar-refractivity contribution is 0.433. The largest absolute Gasteiger partial charge is 0.508 e. The van der Waals surface area contributed by atoms with Crippen LogP contribution < -0.4 is 5.32 Å². The maximum atomic E-state index is 9.62. The van der Waals surface area contributed by atoms with Gasteiger partial charge in [-0.2, -0.15) is 0 Å². The minimum atomic E-state index is 0.0412. The van der Waals surface area contributed by atoms with E-state index in [2.05, 4.69) is 19.2 Å². The van der Waals surface area contributed by atoms with E-state index in [0.717, 1.165) is 12.1 Å². The molecule has 0 saturated carbocycles. The molecule has 0 bridgehead atoms. The zero-order valence-electron chi connectivity index (χ0n) is 9.49. The maximum Gasteiger partial charge on any atom is 0.120 e. The average Bonchev–Trinajstić information content (AvgIpc) is 2.18. The number of phenols is 2. The quantitative estimate of drug-likeness (QED) is 0.667. The van der Waals surface area contributed by atoms with E-state index in [9.17, 15) is 10.2 Å². The lowest BCUT2D eigenvalue weighted by Crippen LogP contribution is -2.23. The van der Waals surface area contributed by atoms with E-state index in [0.29, 0.717) is 5.92 Å². The predicted molar refractivity (Wildman–Crippen MR) is 61.0 cm³/mol. The first-order valence-corrected chi connectivity index (χ1v) is 5.26. The Balaban J connectivity index is 2.72. The van der Waals surface area contributed by atoms with E-state index in [4.69, 9.17) is 0 Å². The number of hydrogen-bond acceptors (Lipinski definition) is 3. The first-order valence-electron chi connectivity index (χ1n) is 5.26. The number of nitrogens with one attached hydrogen (secondary N) is 1. The Kier molecular flexibility index (Phi) is 3.97. The Hall–Kier alpha value is -1.22. The lowest BCUT2D eigenvalue weighted by atomic mass is 10.1. The number of rotatable bonds is 4. The third-order valence-corrected chi connectivity index (χ3v) is 2.31. The van der Waals surface area contributed by atoms with Gasteiger partial charge in [0, 0.05) is 11.6 Å². The Morgan fingerprint density at radius 2 is 1.87 bits per heavy atom. The molecule has 0 radical (unpaired) electrons. The monoisotopic (exact) mass is 209 g/mol. The van der Waals surface area contributed by atoms with Crippen LogP contribution in [0, 0.1) is 5.92 Å². The molecule has 1 unspecified atom stereocenters. The highest BCUT2D eigenvalue weighted by molar-refractivity contribution is 5.40. The molecule has 3 heteroatoms. The number of phenolic OH excluding ortho intramolecular Hbond substituents is 2. The molecule has 0 aromatic heterocycles. The van der Waals surface area contributed by atoms with Crippen LogP contribution in [0.5, 0.6) is 11.5 Å². The fraction of sp³-hybridized carbons (Fsp3) is 0.500. The van der Waals surface area contributed by atoms with Crippen molar-refractivity contribution in [3.8, 4) is 11.5 Å². The van der Waals surface area contributed by atoms with E-state index >= 15 is 0 Å². The van der Waals surface area contributed by atoms with Gasteiger partial charge in [-0.15, -0.1) is 0 Å². The molecule has 3 N–H and O–H groups in total. The summed E-state index contributed by atoms with van der Waals surface area (Å²) in [5, 5.41) is 22.2. The predicted octanol–water partition coefficient (Wildman–Crippen LogP) is 2.40. The molecule has 0 amide bonds. The van der Waals surface area contributed by atoms with E-state index in [1.807, 2.05) is 6.92 Å². The summed E-state index contributed by atoms with van der Waals surface area (Å²) in [6, 6.07) is 4.62. The van der Waals surface area contributed by atoms with Crippen LogP contribution in [0.3, 0.4) is 0 Å². The molecule has 1 atom stereocenters.